The number of ether oxygens (including phenoxy) is 1. The fourth-order valence-electron chi connectivity index (χ4n) is 3.14. The number of hydrogen-bond acceptors (Lipinski definition) is 6. The van der Waals surface area contributed by atoms with Crippen molar-refractivity contribution in [1.29, 1.82) is 0 Å². The van der Waals surface area contributed by atoms with Crippen LogP contribution >= 0.6 is 0 Å². The van der Waals surface area contributed by atoms with Crippen LogP contribution in [0, 0.1) is 0 Å². The number of H-pyrrole nitrogens is 1. The van der Waals surface area contributed by atoms with E-state index in [2.05, 4.69) is 15.3 Å². The Morgan fingerprint density at radius 2 is 1.78 bits per heavy atom. The van der Waals surface area contributed by atoms with Gasteiger partial charge in [-0.25, -0.2) is 4.98 Å². The summed E-state index contributed by atoms with van der Waals surface area (Å²) in [6.07, 6.45) is 2.13. The molecule has 2 N–H and O–H groups in total. The van der Waals surface area contributed by atoms with Crippen molar-refractivity contribution in [3.63, 3.8) is 0 Å². The molecule has 0 aliphatic carbocycles. The lowest BCUT2D eigenvalue weighted by Gasteiger charge is -2.07. The molecule has 0 fully saturated rings. The first-order valence-corrected chi connectivity index (χ1v) is 10.5. The van der Waals surface area contributed by atoms with E-state index in [9.17, 15) is 19.2 Å². The van der Waals surface area contributed by atoms with Crippen molar-refractivity contribution in [2.24, 2.45) is 0 Å². The van der Waals surface area contributed by atoms with Crippen LogP contribution in [0.4, 0.5) is 5.69 Å². The van der Waals surface area contributed by atoms with Gasteiger partial charge in [0, 0.05) is 30.5 Å². The fourth-order valence-corrected chi connectivity index (χ4v) is 3.14. The summed E-state index contributed by atoms with van der Waals surface area (Å²) in [5.74, 6) is -0.401. The zero-order chi connectivity index (χ0) is 22.9. The van der Waals surface area contributed by atoms with Gasteiger partial charge in [-0.2, -0.15) is 0 Å². The molecule has 0 saturated carbocycles. The number of aromatic nitrogens is 2. The normalized spacial score (nSPS) is 10.7. The molecule has 2 aromatic carbocycles. The van der Waals surface area contributed by atoms with Crippen LogP contribution in [0.5, 0.6) is 0 Å². The van der Waals surface area contributed by atoms with Gasteiger partial charge in [0.25, 0.3) is 5.56 Å². The zero-order valence-electron chi connectivity index (χ0n) is 17.8. The third kappa shape index (κ3) is 6.34. The molecular weight excluding hydrogens is 410 g/mol. The summed E-state index contributed by atoms with van der Waals surface area (Å²) >= 11 is 0. The maximum absolute atomic E-state index is 12.2. The zero-order valence-corrected chi connectivity index (χ0v) is 17.8. The highest BCUT2D eigenvalue weighted by Gasteiger charge is 2.11. The van der Waals surface area contributed by atoms with Crippen LogP contribution in [-0.4, -0.2) is 34.2 Å². The molecule has 3 aromatic rings. The minimum absolute atomic E-state index is 0.0801. The van der Waals surface area contributed by atoms with Gasteiger partial charge in [0.15, 0.2) is 12.4 Å². The number of anilines is 1. The fraction of sp³-hybridized carbons (Fsp3) is 0.292. The molecule has 1 amide bonds. The lowest BCUT2D eigenvalue weighted by atomic mass is 10.1. The van der Waals surface area contributed by atoms with Crippen LogP contribution in [0.2, 0.25) is 0 Å². The van der Waals surface area contributed by atoms with Crippen molar-refractivity contribution in [2.45, 2.75) is 39.0 Å². The van der Waals surface area contributed by atoms with Gasteiger partial charge in [-0.1, -0.05) is 19.1 Å². The summed E-state index contributed by atoms with van der Waals surface area (Å²) < 4.78 is 5.07. The molecule has 0 aliphatic heterocycles. The molecule has 0 unspecified atom stereocenters. The number of fused-ring (bicyclic) bond motifs is 1. The minimum Gasteiger partial charge on any atom is -0.457 e. The standard InChI is InChI=1S/C24H25N3O5/c1-2-6-22(29)25-17-13-11-16(12-14-17)20(28)15-32-23(30)10-5-9-21-26-19-8-4-3-7-18(19)24(31)27-21/h3-4,7-8,11-14H,2,5-6,9-10,15H2,1H3,(H,25,29)(H,26,27,31). The highest BCUT2D eigenvalue weighted by atomic mass is 16.5. The Morgan fingerprint density at radius 3 is 2.53 bits per heavy atom. The lowest BCUT2D eigenvalue weighted by molar-refractivity contribution is -0.142. The van der Waals surface area contributed by atoms with Crippen LogP contribution in [0.25, 0.3) is 10.9 Å². The van der Waals surface area contributed by atoms with Crippen molar-refractivity contribution in [3.8, 4) is 0 Å². The van der Waals surface area contributed by atoms with Gasteiger partial charge in [0.2, 0.25) is 5.91 Å². The number of amides is 1. The largest absolute Gasteiger partial charge is 0.457 e. The van der Waals surface area contributed by atoms with E-state index < -0.39 is 5.97 Å². The molecule has 0 radical (unpaired) electrons. The number of ketones is 1. The van der Waals surface area contributed by atoms with Crippen LogP contribution in [0.1, 0.15) is 48.8 Å². The lowest BCUT2D eigenvalue weighted by Crippen LogP contribution is -2.15. The Morgan fingerprint density at radius 1 is 1.03 bits per heavy atom. The maximum Gasteiger partial charge on any atom is 0.306 e. The second-order valence-corrected chi connectivity index (χ2v) is 7.34. The van der Waals surface area contributed by atoms with Crippen LogP contribution in [-0.2, 0) is 20.7 Å². The molecule has 0 aliphatic rings. The third-order valence-corrected chi connectivity index (χ3v) is 4.79. The highest BCUT2D eigenvalue weighted by Crippen LogP contribution is 2.12. The Bertz CT molecular complexity index is 1170. The van der Waals surface area contributed by atoms with E-state index in [1.807, 2.05) is 13.0 Å². The minimum atomic E-state index is -0.495. The molecule has 1 aromatic heterocycles. The predicted molar refractivity (Wildman–Crippen MR) is 121 cm³/mol. The summed E-state index contributed by atoms with van der Waals surface area (Å²) in [6, 6.07) is 13.5. The van der Waals surface area contributed by atoms with E-state index in [1.165, 1.54) is 0 Å². The van der Waals surface area contributed by atoms with Crippen molar-refractivity contribution in [3.05, 3.63) is 70.3 Å². The van der Waals surface area contributed by atoms with Crippen molar-refractivity contribution >= 4 is 34.3 Å². The van der Waals surface area contributed by atoms with Gasteiger partial charge in [0.05, 0.1) is 10.9 Å². The number of benzene rings is 2. The molecule has 166 valence electrons. The quantitative estimate of drug-likeness (QED) is 0.372. The SMILES string of the molecule is CCCC(=O)Nc1ccc(C(=O)COC(=O)CCCc2nc3ccccc3c(=O)[nH]2)cc1. The molecule has 1 heterocycles. The van der Waals surface area contributed by atoms with Gasteiger partial charge in [-0.05, 0) is 49.2 Å². The second-order valence-electron chi connectivity index (χ2n) is 7.34. The van der Waals surface area contributed by atoms with Crippen molar-refractivity contribution < 1.29 is 19.1 Å². The van der Waals surface area contributed by atoms with Gasteiger partial charge in [-0.15, -0.1) is 0 Å². The molecule has 8 heteroatoms. The molecule has 3 rings (SSSR count). The van der Waals surface area contributed by atoms with E-state index in [0.717, 1.165) is 6.42 Å². The number of Topliss-reactive ketones (excluding diaryl/α,β-unsaturated/α-hetero) is 1. The summed E-state index contributed by atoms with van der Waals surface area (Å²) in [6.45, 7) is 1.56. The number of aryl methyl sites for hydroxylation is 1. The number of nitrogens with one attached hydrogen (secondary N) is 2. The maximum atomic E-state index is 12.2. The first kappa shape index (κ1) is 22.9. The molecule has 0 bridgehead atoms. The number of esters is 1. The van der Waals surface area contributed by atoms with E-state index >= 15 is 0 Å². The first-order valence-electron chi connectivity index (χ1n) is 10.5. The molecule has 0 atom stereocenters. The predicted octanol–water partition coefficient (Wildman–Crippen LogP) is 3.41. The summed E-state index contributed by atoms with van der Waals surface area (Å²) in [5.41, 5.74) is 1.40. The smallest absolute Gasteiger partial charge is 0.306 e. The van der Waals surface area contributed by atoms with Crippen molar-refractivity contribution in [2.75, 3.05) is 11.9 Å². The number of para-hydroxylation sites is 1. The Kier molecular flexibility index (Phi) is 7.85. The highest BCUT2D eigenvalue weighted by molar-refractivity contribution is 5.98. The number of rotatable bonds is 10. The van der Waals surface area contributed by atoms with Gasteiger partial charge < -0.3 is 15.0 Å². The monoisotopic (exact) mass is 435 g/mol. The molecular formula is C24H25N3O5. The Hall–Kier alpha value is -3.81. The van der Waals surface area contributed by atoms with E-state index in [1.54, 1.807) is 42.5 Å². The molecule has 0 spiro atoms. The number of carbonyl (C=O) groups is 3. The first-order chi connectivity index (χ1) is 15.5. The van der Waals surface area contributed by atoms with E-state index in [-0.39, 0.29) is 30.3 Å². The van der Waals surface area contributed by atoms with Gasteiger partial charge in [-0.3, -0.25) is 19.2 Å². The van der Waals surface area contributed by atoms with Crippen molar-refractivity contribution in [1.82, 2.24) is 9.97 Å². The van der Waals surface area contributed by atoms with Gasteiger partial charge in [0.1, 0.15) is 5.82 Å². The number of aromatic amines is 1. The topological polar surface area (TPSA) is 118 Å². The molecule has 8 nitrogen and oxygen atoms in total. The number of carbonyl (C=O) groups excluding carboxylic acids is 3. The molecule has 32 heavy (non-hydrogen) atoms. The van der Waals surface area contributed by atoms with E-state index in [0.29, 0.717) is 47.2 Å². The average Bonchev–Trinajstić information content (AvgIpc) is 2.78. The Labute approximate surface area is 185 Å². The van der Waals surface area contributed by atoms with Crippen LogP contribution in [0.3, 0.4) is 0 Å². The summed E-state index contributed by atoms with van der Waals surface area (Å²) in [7, 11) is 0. The number of hydrogen-bond donors (Lipinski definition) is 2. The summed E-state index contributed by atoms with van der Waals surface area (Å²) in [5, 5.41) is 3.27. The second kappa shape index (κ2) is 11.0. The van der Waals surface area contributed by atoms with E-state index in [4.69, 9.17) is 4.74 Å². The van der Waals surface area contributed by atoms with Gasteiger partial charge >= 0.3 is 5.97 Å². The van der Waals surface area contributed by atoms with Crippen LogP contribution < -0.4 is 10.9 Å². The summed E-state index contributed by atoms with van der Waals surface area (Å²) in [4.78, 5) is 55.0. The molecule has 0 saturated heterocycles. The Balaban J connectivity index is 1.43. The average molecular weight is 435 g/mol. The van der Waals surface area contributed by atoms with Crippen LogP contribution in [0.15, 0.2) is 53.3 Å². The third-order valence-electron chi connectivity index (χ3n) is 4.79. The number of nitrogens with zero attached hydrogens (tertiary/aromatic N) is 1.